The fraction of sp³-hybridized carbons (Fsp3) is 0.118. The van der Waals surface area contributed by atoms with Crippen molar-refractivity contribution in [3.8, 4) is 0 Å². The molecule has 3 amide bonds. The van der Waals surface area contributed by atoms with Gasteiger partial charge < -0.3 is 5.32 Å². The van der Waals surface area contributed by atoms with Crippen molar-refractivity contribution in [1.29, 1.82) is 0 Å². The van der Waals surface area contributed by atoms with Gasteiger partial charge in [0.1, 0.15) is 0 Å². The summed E-state index contributed by atoms with van der Waals surface area (Å²) in [6.45, 7) is 1.66. The van der Waals surface area contributed by atoms with E-state index in [4.69, 9.17) is 11.6 Å². The second-order valence-electron chi connectivity index (χ2n) is 5.06. The first-order valence-electron chi connectivity index (χ1n) is 7.15. The number of benzene rings is 2. The minimum absolute atomic E-state index is 0.256. The van der Waals surface area contributed by atoms with Crippen LogP contribution < -0.4 is 16.2 Å². The molecule has 24 heavy (non-hydrogen) atoms. The number of rotatable bonds is 4. The number of hydrogen-bond acceptors (Lipinski definition) is 3. The average molecular weight is 346 g/mol. The molecule has 0 heterocycles. The molecule has 0 spiro atoms. The SMILES string of the molecule is Cc1ccc(C(=O)NCC(=O)NNC(=O)c2ccc(Cl)cc2)cc1. The van der Waals surface area contributed by atoms with Gasteiger partial charge in [-0.2, -0.15) is 0 Å². The summed E-state index contributed by atoms with van der Waals surface area (Å²) in [7, 11) is 0. The first kappa shape index (κ1) is 17.5. The molecule has 0 unspecified atom stereocenters. The van der Waals surface area contributed by atoms with Gasteiger partial charge in [0.05, 0.1) is 6.54 Å². The fourth-order valence-corrected chi connectivity index (χ4v) is 1.94. The molecule has 124 valence electrons. The Bertz CT molecular complexity index is 679. The van der Waals surface area contributed by atoms with Crippen molar-refractivity contribution in [2.75, 3.05) is 6.54 Å². The Morgan fingerprint density at radius 2 is 1.38 bits per heavy atom. The maximum Gasteiger partial charge on any atom is 0.269 e. The summed E-state index contributed by atoms with van der Waals surface area (Å²) in [5, 5.41) is 2.98. The molecule has 3 N–H and O–H groups in total. The van der Waals surface area contributed by atoms with Crippen LogP contribution in [0, 0.1) is 6.92 Å². The second kappa shape index (κ2) is 8.12. The summed E-state index contributed by atoms with van der Waals surface area (Å²) >= 11 is 5.73. The Balaban J connectivity index is 1.77. The topological polar surface area (TPSA) is 87.3 Å². The third kappa shape index (κ3) is 5.10. The van der Waals surface area contributed by atoms with Gasteiger partial charge in [-0.25, -0.2) is 0 Å². The molecular formula is C17H16ClN3O3. The number of halogens is 1. The minimum atomic E-state index is -0.544. The number of hydrazine groups is 1. The first-order valence-corrected chi connectivity index (χ1v) is 7.53. The van der Waals surface area contributed by atoms with Crippen molar-refractivity contribution < 1.29 is 14.4 Å². The zero-order chi connectivity index (χ0) is 17.5. The third-order valence-corrected chi connectivity index (χ3v) is 3.40. The largest absolute Gasteiger partial charge is 0.343 e. The van der Waals surface area contributed by atoms with Crippen LogP contribution in [0.4, 0.5) is 0 Å². The molecule has 2 rings (SSSR count). The van der Waals surface area contributed by atoms with Crippen LogP contribution in [0.2, 0.25) is 5.02 Å². The van der Waals surface area contributed by atoms with Crippen LogP contribution in [0.1, 0.15) is 26.3 Å². The molecule has 0 radical (unpaired) electrons. The first-order chi connectivity index (χ1) is 11.5. The Morgan fingerprint density at radius 3 is 2.00 bits per heavy atom. The molecule has 7 heteroatoms. The van der Waals surface area contributed by atoms with E-state index in [1.807, 2.05) is 6.92 Å². The highest BCUT2D eigenvalue weighted by Crippen LogP contribution is 2.09. The van der Waals surface area contributed by atoms with E-state index < -0.39 is 11.8 Å². The van der Waals surface area contributed by atoms with E-state index in [0.29, 0.717) is 16.1 Å². The van der Waals surface area contributed by atoms with Crippen LogP contribution in [0.25, 0.3) is 0 Å². The monoisotopic (exact) mass is 345 g/mol. The van der Waals surface area contributed by atoms with E-state index in [1.54, 1.807) is 36.4 Å². The predicted octanol–water partition coefficient (Wildman–Crippen LogP) is 1.84. The zero-order valence-electron chi connectivity index (χ0n) is 12.9. The lowest BCUT2D eigenvalue weighted by Crippen LogP contribution is -2.46. The fourth-order valence-electron chi connectivity index (χ4n) is 1.81. The Hall–Kier alpha value is -2.86. The molecule has 0 aromatic heterocycles. The molecule has 6 nitrogen and oxygen atoms in total. The van der Waals surface area contributed by atoms with E-state index in [-0.39, 0.29) is 12.5 Å². The summed E-state index contributed by atoms with van der Waals surface area (Å²) in [6, 6.07) is 13.2. The van der Waals surface area contributed by atoms with Crippen LogP contribution in [-0.2, 0) is 4.79 Å². The Labute approximate surface area is 144 Å². The van der Waals surface area contributed by atoms with Gasteiger partial charge in [-0.1, -0.05) is 29.3 Å². The van der Waals surface area contributed by atoms with E-state index in [9.17, 15) is 14.4 Å². The van der Waals surface area contributed by atoms with E-state index in [0.717, 1.165) is 5.56 Å². The van der Waals surface area contributed by atoms with Gasteiger partial charge in [-0.05, 0) is 43.3 Å². The summed E-state index contributed by atoms with van der Waals surface area (Å²) in [4.78, 5) is 35.3. The van der Waals surface area contributed by atoms with Crippen molar-refractivity contribution in [2.45, 2.75) is 6.92 Å². The van der Waals surface area contributed by atoms with Crippen molar-refractivity contribution in [1.82, 2.24) is 16.2 Å². The molecule has 0 aliphatic carbocycles. The van der Waals surface area contributed by atoms with Crippen molar-refractivity contribution in [2.24, 2.45) is 0 Å². The third-order valence-electron chi connectivity index (χ3n) is 3.15. The molecular weight excluding hydrogens is 330 g/mol. The quantitative estimate of drug-likeness (QED) is 0.739. The van der Waals surface area contributed by atoms with Gasteiger partial charge >= 0.3 is 0 Å². The molecule has 2 aromatic rings. The Morgan fingerprint density at radius 1 is 0.833 bits per heavy atom. The van der Waals surface area contributed by atoms with Gasteiger partial charge in [-0.15, -0.1) is 0 Å². The lowest BCUT2D eigenvalue weighted by molar-refractivity contribution is -0.120. The smallest absolute Gasteiger partial charge is 0.269 e. The van der Waals surface area contributed by atoms with E-state index in [2.05, 4.69) is 16.2 Å². The van der Waals surface area contributed by atoms with Crippen molar-refractivity contribution in [3.05, 3.63) is 70.2 Å². The second-order valence-corrected chi connectivity index (χ2v) is 5.49. The van der Waals surface area contributed by atoms with Crippen LogP contribution in [-0.4, -0.2) is 24.3 Å². The highest BCUT2D eigenvalue weighted by atomic mass is 35.5. The molecule has 0 aliphatic heterocycles. The molecule has 0 atom stereocenters. The van der Waals surface area contributed by atoms with E-state index in [1.165, 1.54) is 12.1 Å². The Kier molecular flexibility index (Phi) is 5.92. The molecule has 2 aromatic carbocycles. The molecule has 0 bridgehead atoms. The van der Waals surface area contributed by atoms with E-state index >= 15 is 0 Å². The van der Waals surface area contributed by atoms with Gasteiger partial charge in [0.25, 0.3) is 17.7 Å². The number of hydrogen-bond donors (Lipinski definition) is 3. The van der Waals surface area contributed by atoms with Crippen LogP contribution in [0.15, 0.2) is 48.5 Å². The normalized spacial score (nSPS) is 9.92. The minimum Gasteiger partial charge on any atom is -0.343 e. The zero-order valence-corrected chi connectivity index (χ0v) is 13.7. The summed E-state index contributed by atoms with van der Waals surface area (Å²) in [5.74, 6) is -1.39. The maximum atomic E-state index is 11.9. The highest BCUT2D eigenvalue weighted by Gasteiger charge is 2.09. The molecule has 0 fully saturated rings. The number of carbonyl (C=O) groups excluding carboxylic acids is 3. The van der Waals surface area contributed by atoms with Crippen LogP contribution in [0.5, 0.6) is 0 Å². The number of carbonyl (C=O) groups is 3. The lowest BCUT2D eigenvalue weighted by Gasteiger charge is -2.08. The highest BCUT2D eigenvalue weighted by molar-refractivity contribution is 6.30. The van der Waals surface area contributed by atoms with Crippen molar-refractivity contribution in [3.63, 3.8) is 0 Å². The summed E-state index contributed by atoms with van der Waals surface area (Å²) in [6.07, 6.45) is 0. The van der Waals surface area contributed by atoms with Crippen molar-refractivity contribution >= 4 is 29.3 Å². The molecule has 0 saturated heterocycles. The molecule has 0 saturated carbocycles. The van der Waals surface area contributed by atoms with Gasteiger partial charge in [0.2, 0.25) is 0 Å². The number of nitrogens with one attached hydrogen (secondary N) is 3. The lowest BCUT2D eigenvalue weighted by atomic mass is 10.1. The number of aryl methyl sites for hydroxylation is 1. The summed E-state index contributed by atoms with van der Waals surface area (Å²) < 4.78 is 0. The number of amides is 3. The van der Waals surface area contributed by atoms with Gasteiger partial charge in [-0.3, -0.25) is 25.2 Å². The predicted molar refractivity (Wildman–Crippen MR) is 90.6 cm³/mol. The standard InChI is InChI=1S/C17H16ClN3O3/c1-11-2-4-12(5-3-11)16(23)19-10-15(22)20-21-17(24)13-6-8-14(18)9-7-13/h2-9H,10H2,1H3,(H,19,23)(H,20,22)(H,21,24). The van der Waals surface area contributed by atoms with Crippen LogP contribution in [0.3, 0.4) is 0 Å². The van der Waals surface area contributed by atoms with Crippen LogP contribution >= 0.6 is 11.6 Å². The molecule has 0 aliphatic rings. The summed E-state index contributed by atoms with van der Waals surface area (Å²) in [5.41, 5.74) is 6.33. The average Bonchev–Trinajstić information content (AvgIpc) is 2.58. The van der Waals surface area contributed by atoms with Gasteiger partial charge in [0, 0.05) is 16.1 Å². The maximum absolute atomic E-state index is 11.9. The van der Waals surface area contributed by atoms with Gasteiger partial charge in [0.15, 0.2) is 0 Å².